The quantitative estimate of drug-likeness (QED) is 0.761. The normalized spacial score (nSPS) is 10.3. The van der Waals surface area contributed by atoms with Gasteiger partial charge in [-0.3, -0.25) is 4.79 Å². The summed E-state index contributed by atoms with van der Waals surface area (Å²) < 4.78 is 5.80. The van der Waals surface area contributed by atoms with Crippen LogP contribution >= 0.6 is 27.5 Å². The van der Waals surface area contributed by atoms with Gasteiger partial charge in [-0.05, 0) is 58.7 Å². The van der Waals surface area contributed by atoms with Gasteiger partial charge in [-0.25, -0.2) is 0 Å². The van der Waals surface area contributed by atoms with Crippen molar-refractivity contribution in [2.24, 2.45) is 0 Å². The summed E-state index contributed by atoms with van der Waals surface area (Å²) in [6.07, 6.45) is 0. The maximum Gasteiger partial charge on any atom is 0.195 e. The van der Waals surface area contributed by atoms with Crippen molar-refractivity contribution < 1.29 is 9.53 Å². The summed E-state index contributed by atoms with van der Waals surface area (Å²) in [6, 6.07) is 10.6. The molecule has 0 aromatic heterocycles. The number of hydrogen-bond acceptors (Lipinski definition) is 2. The van der Waals surface area contributed by atoms with Crippen molar-refractivity contribution in [3.8, 4) is 5.75 Å². The molecule has 0 aliphatic carbocycles. The van der Waals surface area contributed by atoms with E-state index in [1.54, 1.807) is 37.4 Å². The van der Waals surface area contributed by atoms with Crippen molar-refractivity contribution in [3.05, 3.63) is 62.6 Å². The number of carbonyl (C=O) groups excluding carboxylic acids is 1. The van der Waals surface area contributed by atoms with Gasteiger partial charge in [-0.2, -0.15) is 0 Å². The molecule has 98 valence electrons. The average molecular weight is 340 g/mol. The highest BCUT2D eigenvalue weighted by molar-refractivity contribution is 9.10. The molecule has 0 aliphatic heterocycles. The van der Waals surface area contributed by atoms with Gasteiger partial charge in [0.1, 0.15) is 5.75 Å². The number of ether oxygens (including phenoxy) is 1. The van der Waals surface area contributed by atoms with E-state index >= 15 is 0 Å². The van der Waals surface area contributed by atoms with Gasteiger partial charge in [0.2, 0.25) is 0 Å². The minimum atomic E-state index is -0.112. The van der Waals surface area contributed by atoms with Crippen LogP contribution in [0.5, 0.6) is 5.75 Å². The van der Waals surface area contributed by atoms with Crippen LogP contribution in [0.25, 0.3) is 0 Å². The SMILES string of the molecule is COc1ccc(C(=O)c2ccc(C)cc2Cl)c(Br)c1. The maximum absolute atomic E-state index is 12.4. The first-order valence-electron chi connectivity index (χ1n) is 5.67. The summed E-state index contributed by atoms with van der Waals surface area (Å²) in [4.78, 5) is 12.4. The fourth-order valence-electron chi connectivity index (χ4n) is 1.76. The number of rotatable bonds is 3. The topological polar surface area (TPSA) is 26.3 Å². The van der Waals surface area contributed by atoms with E-state index in [-0.39, 0.29) is 5.78 Å². The Morgan fingerprint density at radius 3 is 2.42 bits per heavy atom. The lowest BCUT2D eigenvalue weighted by molar-refractivity contribution is 0.103. The molecule has 2 nitrogen and oxygen atoms in total. The first-order chi connectivity index (χ1) is 9.02. The number of ketones is 1. The minimum Gasteiger partial charge on any atom is -0.497 e. The smallest absolute Gasteiger partial charge is 0.195 e. The molecule has 0 saturated carbocycles. The Labute approximate surface area is 125 Å². The summed E-state index contributed by atoms with van der Waals surface area (Å²) in [6.45, 7) is 1.93. The van der Waals surface area contributed by atoms with Crippen LogP contribution in [0, 0.1) is 6.92 Å². The number of aryl methyl sites for hydroxylation is 1. The van der Waals surface area contributed by atoms with Crippen LogP contribution in [0.1, 0.15) is 21.5 Å². The molecule has 2 aromatic carbocycles. The zero-order valence-corrected chi connectivity index (χ0v) is 12.9. The van der Waals surface area contributed by atoms with Crippen LogP contribution in [0.2, 0.25) is 5.02 Å². The van der Waals surface area contributed by atoms with E-state index in [0.717, 1.165) is 5.56 Å². The fraction of sp³-hybridized carbons (Fsp3) is 0.133. The molecule has 0 bridgehead atoms. The molecular weight excluding hydrogens is 328 g/mol. The first kappa shape index (κ1) is 14.1. The summed E-state index contributed by atoms with van der Waals surface area (Å²) in [5.74, 6) is 0.581. The monoisotopic (exact) mass is 338 g/mol. The third-order valence-electron chi connectivity index (χ3n) is 2.79. The molecule has 0 N–H and O–H groups in total. The summed E-state index contributed by atoms with van der Waals surface area (Å²) >= 11 is 9.51. The Morgan fingerprint density at radius 1 is 1.16 bits per heavy atom. The van der Waals surface area contributed by atoms with Crippen molar-refractivity contribution >= 4 is 33.3 Å². The van der Waals surface area contributed by atoms with Crippen molar-refractivity contribution in [1.29, 1.82) is 0 Å². The van der Waals surface area contributed by atoms with Crippen LogP contribution < -0.4 is 4.74 Å². The van der Waals surface area contributed by atoms with Crippen molar-refractivity contribution in [2.75, 3.05) is 7.11 Å². The number of halogens is 2. The second kappa shape index (κ2) is 5.76. The van der Waals surface area contributed by atoms with Crippen LogP contribution in [0.4, 0.5) is 0 Å². The maximum atomic E-state index is 12.4. The van der Waals surface area contributed by atoms with E-state index < -0.39 is 0 Å². The van der Waals surface area contributed by atoms with Gasteiger partial charge in [-0.1, -0.05) is 17.7 Å². The summed E-state index contributed by atoms with van der Waals surface area (Å²) in [5, 5.41) is 0.465. The molecule has 0 atom stereocenters. The average Bonchev–Trinajstić information content (AvgIpc) is 2.37. The Balaban J connectivity index is 2.44. The third kappa shape index (κ3) is 2.99. The van der Waals surface area contributed by atoms with Crippen molar-refractivity contribution in [1.82, 2.24) is 0 Å². The van der Waals surface area contributed by atoms with Crippen LogP contribution in [0.3, 0.4) is 0 Å². The standard InChI is InChI=1S/C15H12BrClO2/c1-9-3-5-12(14(17)7-9)15(18)11-6-4-10(19-2)8-13(11)16/h3-8H,1-2H3. The van der Waals surface area contributed by atoms with E-state index in [2.05, 4.69) is 15.9 Å². The van der Waals surface area contributed by atoms with Gasteiger partial charge in [0.25, 0.3) is 0 Å². The van der Waals surface area contributed by atoms with Gasteiger partial charge >= 0.3 is 0 Å². The molecule has 0 amide bonds. The molecule has 0 heterocycles. The molecule has 4 heteroatoms. The Kier molecular flexibility index (Phi) is 4.27. The second-order valence-electron chi connectivity index (χ2n) is 4.16. The van der Waals surface area contributed by atoms with Crippen molar-refractivity contribution in [2.45, 2.75) is 6.92 Å². The molecule has 19 heavy (non-hydrogen) atoms. The number of benzene rings is 2. The third-order valence-corrected chi connectivity index (χ3v) is 3.76. The molecule has 0 spiro atoms. The zero-order valence-electron chi connectivity index (χ0n) is 10.5. The van der Waals surface area contributed by atoms with Gasteiger partial charge in [-0.15, -0.1) is 0 Å². The summed E-state index contributed by atoms with van der Waals surface area (Å²) in [7, 11) is 1.58. The molecule has 0 saturated heterocycles. The second-order valence-corrected chi connectivity index (χ2v) is 5.42. The lowest BCUT2D eigenvalue weighted by Crippen LogP contribution is -2.03. The number of methoxy groups -OCH3 is 1. The number of hydrogen-bond donors (Lipinski definition) is 0. The molecule has 0 radical (unpaired) electrons. The van der Waals surface area contributed by atoms with E-state index in [1.807, 2.05) is 13.0 Å². The molecule has 2 aromatic rings. The van der Waals surface area contributed by atoms with Crippen LogP contribution in [-0.2, 0) is 0 Å². The van der Waals surface area contributed by atoms with E-state index in [4.69, 9.17) is 16.3 Å². The Hall–Kier alpha value is -1.32. The van der Waals surface area contributed by atoms with Gasteiger partial charge in [0.15, 0.2) is 5.78 Å². The Bertz CT molecular complexity index is 638. The lowest BCUT2D eigenvalue weighted by atomic mass is 10.0. The molecule has 2 rings (SSSR count). The highest BCUT2D eigenvalue weighted by Gasteiger charge is 2.16. The van der Waals surface area contributed by atoms with E-state index in [9.17, 15) is 4.79 Å². The molecule has 0 aliphatic rings. The van der Waals surface area contributed by atoms with Crippen LogP contribution in [-0.4, -0.2) is 12.9 Å². The number of carbonyl (C=O) groups is 1. The lowest BCUT2D eigenvalue weighted by Gasteiger charge is -2.08. The first-order valence-corrected chi connectivity index (χ1v) is 6.84. The predicted molar refractivity (Wildman–Crippen MR) is 80.3 cm³/mol. The highest BCUT2D eigenvalue weighted by Crippen LogP contribution is 2.27. The van der Waals surface area contributed by atoms with E-state index in [1.165, 1.54) is 0 Å². The largest absolute Gasteiger partial charge is 0.497 e. The highest BCUT2D eigenvalue weighted by atomic mass is 79.9. The van der Waals surface area contributed by atoms with Gasteiger partial charge in [0.05, 0.1) is 12.1 Å². The predicted octanol–water partition coefficient (Wildman–Crippen LogP) is 4.65. The van der Waals surface area contributed by atoms with Crippen LogP contribution in [0.15, 0.2) is 40.9 Å². The van der Waals surface area contributed by atoms with Gasteiger partial charge in [0, 0.05) is 15.6 Å². The molecule has 0 fully saturated rings. The van der Waals surface area contributed by atoms with E-state index in [0.29, 0.717) is 26.4 Å². The van der Waals surface area contributed by atoms with Crippen molar-refractivity contribution in [3.63, 3.8) is 0 Å². The Morgan fingerprint density at radius 2 is 1.84 bits per heavy atom. The zero-order chi connectivity index (χ0) is 14.0. The minimum absolute atomic E-state index is 0.112. The molecule has 0 unspecified atom stereocenters. The fourth-order valence-corrected chi connectivity index (χ4v) is 2.62. The summed E-state index contributed by atoms with van der Waals surface area (Å²) in [5.41, 5.74) is 2.08. The van der Waals surface area contributed by atoms with Gasteiger partial charge < -0.3 is 4.74 Å². The molecular formula is C15H12BrClO2.